The van der Waals surface area contributed by atoms with Crippen molar-refractivity contribution in [1.82, 2.24) is 4.90 Å². The van der Waals surface area contributed by atoms with Crippen LogP contribution in [0.15, 0.2) is 24.3 Å². The lowest BCUT2D eigenvalue weighted by molar-refractivity contribution is -0.142. The highest BCUT2D eigenvalue weighted by Gasteiger charge is 2.27. The van der Waals surface area contributed by atoms with Crippen LogP contribution in [0.2, 0.25) is 0 Å². The van der Waals surface area contributed by atoms with E-state index in [9.17, 15) is 9.18 Å². The number of halogens is 1. The number of morpholine rings is 1. The first-order valence-corrected chi connectivity index (χ1v) is 6.77. The predicted octanol–water partition coefficient (Wildman–Crippen LogP) is 2.77. The molecule has 0 N–H and O–H groups in total. The monoisotopic (exact) mass is 265 g/mol. The van der Waals surface area contributed by atoms with Crippen molar-refractivity contribution in [2.45, 2.75) is 26.4 Å². The van der Waals surface area contributed by atoms with Gasteiger partial charge in [0.05, 0.1) is 13.2 Å². The van der Waals surface area contributed by atoms with Crippen molar-refractivity contribution in [3.63, 3.8) is 0 Å². The summed E-state index contributed by atoms with van der Waals surface area (Å²) in [5.74, 6) is -0.0306. The number of hydrogen-bond donors (Lipinski definition) is 0. The molecule has 2 atom stereocenters. The highest BCUT2D eigenvalue weighted by molar-refractivity contribution is 5.78. The molecule has 0 aliphatic carbocycles. The van der Waals surface area contributed by atoms with Gasteiger partial charge in [-0.3, -0.25) is 4.79 Å². The summed E-state index contributed by atoms with van der Waals surface area (Å²) in [4.78, 5) is 14.0. The Bertz CT molecular complexity index is 432. The van der Waals surface area contributed by atoms with Gasteiger partial charge in [-0.2, -0.15) is 0 Å². The van der Waals surface area contributed by atoms with Crippen molar-refractivity contribution >= 4 is 5.91 Å². The maximum atomic E-state index is 12.9. The van der Waals surface area contributed by atoms with E-state index in [0.717, 1.165) is 12.0 Å². The molecule has 2 unspecified atom stereocenters. The normalized spacial score (nSPS) is 21.2. The first-order valence-electron chi connectivity index (χ1n) is 6.77. The van der Waals surface area contributed by atoms with Crippen LogP contribution in [0.3, 0.4) is 0 Å². The van der Waals surface area contributed by atoms with E-state index in [-0.39, 0.29) is 23.7 Å². The molecule has 0 bridgehead atoms. The van der Waals surface area contributed by atoms with E-state index in [0.29, 0.717) is 19.7 Å². The van der Waals surface area contributed by atoms with Gasteiger partial charge >= 0.3 is 0 Å². The minimum absolute atomic E-state index is 0.0481. The highest BCUT2D eigenvalue weighted by Crippen LogP contribution is 2.23. The Labute approximate surface area is 113 Å². The molecule has 1 aliphatic rings. The molecule has 4 heteroatoms. The summed E-state index contributed by atoms with van der Waals surface area (Å²) in [5, 5.41) is 0. The topological polar surface area (TPSA) is 29.5 Å². The molecule has 0 radical (unpaired) electrons. The fourth-order valence-corrected chi connectivity index (χ4v) is 2.21. The van der Waals surface area contributed by atoms with Gasteiger partial charge in [-0.15, -0.1) is 0 Å². The van der Waals surface area contributed by atoms with Crippen LogP contribution in [-0.4, -0.2) is 30.5 Å². The summed E-state index contributed by atoms with van der Waals surface area (Å²) in [6.07, 6.45) is 0.694. The van der Waals surface area contributed by atoms with E-state index in [4.69, 9.17) is 4.74 Å². The van der Waals surface area contributed by atoms with E-state index < -0.39 is 0 Å². The number of amides is 1. The minimum Gasteiger partial charge on any atom is -0.370 e. The van der Waals surface area contributed by atoms with Crippen LogP contribution in [0.25, 0.3) is 0 Å². The molecule has 0 aromatic heterocycles. The third-order valence-electron chi connectivity index (χ3n) is 3.65. The maximum absolute atomic E-state index is 12.9. The zero-order valence-corrected chi connectivity index (χ0v) is 11.4. The number of nitrogens with zero attached hydrogens (tertiary/aromatic N) is 1. The molecule has 2 rings (SSSR count). The summed E-state index contributed by atoms with van der Waals surface area (Å²) in [6, 6.07) is 6.29. The fourth-order valence-electron chi connectivity index (χ4n) is 2.21. The first-order chi connectivity index (χ1) is 9.11. The van der Waals surface area contributed by atoms with Crippen LogP contribution < -0.4 is 0 Å². The standard InChI is InChI=1S/C15H20FNO2/c1-3-11(2)15(18)17-8-9-19-14(10-17)12-4-6-13(16)7-5-12/h4-7,11,14H,3,8-10H2,1-2H3. The van der Waals surface area contributed by atoms with Crippen LogP contribution >= 0.6 is 0 Å². The van der Waals surface area contributed by atoms with Crippen molar-refractivity contribution < 1.29 is 13.9 Å². The Balaban J connectivity index is 2.04. The van der Waals surface area contributed by atoms with Crippen LogP contribution in [-0.2, 0) is 9.53 Å². The second-order valence-electron chi connectivity index (χ2n) is 5.00. The second kappa shape index (κ2) is 6.15. The SMILES string of the molecule is CCC(C)C(=O)N1CCOC(c2ccc(F)cc2)C1. The van der Waals surface area contributed by atoms with Gasteiger partial charge in [0.1, 0.15) is 11.9 Å². The molecule has 0 saturated carbocycles. The molecule has 1 fully saturated rings. The van der Waals surface area contributed by atoms with Gasteiger partial charge in [-0.05, 0) is 24.1 Å². The predicted molar refractivity (Wildman–Crippen MR) is 71.1 cm³/mol. The molecular weight excluding hydrogens is 245 g/mol. The van der Waals surface area contributed by atoms with Gasteiger partial charge in [0.25, 0.3) is 0 Å². The summed E-state index contributed by atoms with van der Waals surface area (Å²) >= 11 is 0. The van der Waals surface area contributed by atoms with Crippen LogP contribution in [0.1, 0.15) is 31.9 Å². The molecule has 1 aliphatic heterocycles. The molecule has 19 heavy (non-hydrogen) atoms. The Kier molecular flexibility index (Phi) is 4.53. The molecule has 1 aromatic rings. The molecule has 1 aromatic carbocycles. The zero-order valence-electron chi connectivity index (χ0n) is 11.4. The summed E-state index contributed by atoms with van der Waals surface area (Å²) < 4.78 is 18.6. The molecule has 0 spiro atoms. The third-order valence-corrected chi connectivity index (χ3v) is 3.65. The van der Waals surface area contributed by atoms with Gasteiger partial charge in [-0.25, -0.2) is 4.39 Å². The van der Waals surface area contributed by atoms with Crippen molar-refractivity contribution in [1.29, 1.82) is 0 Å². The van der Waals surface area contributed by atoms with Crippen LogP contribution in [0, 0.1) is 11.7 Å². The van der Waals surface area contributed by atoms with Gasteiger partial charge in [0, 0.05) is 12.5 Å². The molecule has 104 valence electrons. The Morgan fingerprint density at radius 1 is 1.47 bits per heavy atom. The van der Waals surface area contributed by atoms with E-state index in [1.807, 2.05) is 18.7 Å². The van der Waals surface area contributed by atoms with E-state index in [1.54, 1.807) is 12.1 Å². The van der Waals surface area contributed by atoms with Gasteiger partial charge in [0.15, 0.2) is 0 Å². The van der Waals surface area contributed by atoms with Crippen molar-refractivity contribution in [2.24, 2.45) is 5.92 Å². The summed E-state index contributed by atoms with van der Waals surface area (Å²) in [7, 11) is 0. The lowest BCUT2D eigenvalue weighted by Crippen LogP contribution is -2.44. The van der Waals surface area contributed by atoms with E-state index in [2.05, 4.69) is 0 Å². The molecule has 1 amide bonds. The average molecular weight is 265 g/mol. The number of ether oxygens (including phenoxy) is 1. The number of hydrogen-bond acceptors (Lipinski definition) is 2. The Hall–Kier alpha value is -1.42. The fraction of sp³-hybridized carbons (Fsp3) is 0.533. The quantitative estimate of drug-likeness (QED) is 0.841. The van der Waals surface area contributed by atoms with Gasteiger partial charge in [-0.1, -0.05) is 26.0 Å². The van der Waals surface area contributed by atoms with Gasteiger partial charge < -0.3 is 9.64 Å². The molecule has 1 heterocycles. The van der Waals surface area contributed by atoms with Crippen molar-refractivity contribution in [3.05, 3.63) is 35.6 Å². The zero-order chi connectivity index (χ0) is 13.8. The van der Waals surface area contributed by atoms with Crippen molar-refractivity contribution in [3.8, 4) is 0 Å². The molecule has 3 nitrogen and oxygen atoms in total. The molecular formula is C15H20FNO2. The Morgan fingerprint density at radius 2 is 2.16 bits per heavy atom. The highest BCUT2D eigenvalue weighted by atomic mass is 19.1. The van der Waals surface area contributed by atoms with E-state index in [1.165, 1.54) is 12.1 Å². The number of carbonyl (C=O) groups is 1. The average Bonchev–Trinajstić information content (AvgIpc) is 2.46. The number of carbonyl (C=O) groups excluding carboxylic acids is 1. The summed E-state index contributed by atoms with van der Waals surface area (Å²) in [6.45, 7) is 5.69. The van der Waals surface area contributed by atoms with Crippen LogP contribution in [0.5, 0.6) is 0 Å². The second-order valence-corrected chi connectivity index (χ2v) is 5.00. The maximum Gasteiger partial charge on any atom is 0.225 e. The third kappa shape index (κ3) is 3.32. The van der Waals surface area contributed by atoms with Gasteiger partial charge in [0.2, 0.25) is 5.91 Å². The lowest BCUT2D eigenvalue weighted by Gasteiger charge is -2.34. The van der Waals surface area contributed by atoms with Crippen LogP contribution in [0.4, 0.5) is 4.39 Å². The Morgan fingerprint density at radius 3 is 2.79 bits per heavy atom. The number of benzene rings is 1. The van der Waals surface area contributed by atoms with E-state index >= 15 is 0 Å². The minimum atomic E-state index is -0.257. The lowest BCUT2D eigenvalue weighted by atomic mass is 10.0. The first kappa shape index (κ1) is 14.0. The smallest absolute Gasteiger partial charge is 0.225 e. The summed E-state index contributed by atoms with van der Waals surface area (Å²) in [5.41, 5.74) is 0.919. The number of rotatable bonds is 3. The largest absolute Gasteiger partial charge is 0.370 e. The molecule has 1 saturated heterocycles. The van der Waals surface area contributed by atoms with Crippen molar-refractivity contribution in [2.75, 3.05) is 19.7 Å².